The van der Waals surface area contributed by atoms with Crippen LogP contribution in [0.2, 0.25) is 0 Å². The molecule has 6 nitrogen and oxygen atoms in total. The van der Waals surface area contributed by atoms with Crippen molar-refractivity contribution in [1.82, 2.24) is 4.98 Å². The van der Waals surface area contributed by atoms with Crippen molar-refractivity contribution in [3.8, 4) is 16.9 Å². The number of thiophene rings is 1. The van der Waals surface area contributed by atoms with E-state index in [0.717, 1.165) is 59.9 Å². The molecule has 0 atom stereocenters. The number of halogens is 3. The van der Waals surface area contributed by atoms with Gasteiger partial charge in [-0.05, 0) is 60.2 Å². The maximum absolute atomic E-state index is 12.8. The molecule has 2 aromatic heterocycles. The van der Waals surface area contributed by atoms with Crippen LogP contribution in [-0.2, 0) is 6.61 Å². The highest BCUT2D eigenvalue weighted by atomic mass is 32.1. The maximum Gasteiger partial charge on any atom is 0.573 e. The molecule has 4 rings (SSSR count). The van der Waals surface area contributed by atoms with Crippen LogP contribution in [0.5, 0.6) is 5.75 Å². The summed E-state index contributed by atoms with van der Waals surface area (Å²) in [6, 6.07) is 8.55. The molecule has 0 unspecified atom stereocenters. The molecule has 0 bridgehead atoms. The van der Waals surface area contributed by atoms with Crippen LogP contribution in [0.15, 0.2) is 48.0 Å². The van der Waals surface area contributed by atoms with Crippen LogP contribution in [0.4, 0.5) is 24.7 Å². The summed E-state index contributed by atoms with van der Waals surface area (Å²) >= 11 is 1.43. The minimum absolute atomic E-state index is 0.0641. The number of hydrogen-bond donors (Lipinski definition) is 2. The van der Waals surface area contributed by atoms with Gasteiger partial charge in [-0.2, -0.15) is 0 Å². The fraction of sp³-hybridized carbons (Fsp3) is 0.273. The van der Waals surface area contributed by atoms with Crippen molar-refractivity contribution in [3.63, 3.8) is 0 Å². The number of pyridine rings is 1. The Kier molecular flexibility index (Phi) is 6.33. The molecular weight excluding hydrogens is 443 g/mol. The third-order valence-electron chi connectivity index (χ3n) is 5.00. The van der Waals surface area contributed by atoms with Crippen molar-refractivity contribution in [2.75, 3.05) is 23.3 Å². The first kappa shape index (κ1) is 22.1. The van der Waals surface area contributed by atoms with Gasteiger partial charge in [0.2, 0.25) is 0 Å². The molecule has 168 valence electrons. The van der Waals surface area contributed by atoms with E-state index in [9.17, 15) is 23.1 Å². The van der Waals surface area contributed by atoms with Gasteiger partial charge < -0.3 is 20.1 Å². The standard InChI is InChI=1S/C22H20F3N3O3S/c23-22(24,25)31-17-5-3-16(4-6-17)27-21(30)14-10-19(15-9-18(12-29)32-13-15)20(26-11-14)28-7-1-2-8-28/h3-6,9-11,13,29H,1-2,7-8,12H2,(H,27,30). The number of benzene rings is 1. The predicted octanol–water partition coefficient (Wildman–Crippen LogP) is 5.05. The minimum Gasteiger partial charge on any atom is -0.406 e. The highest BCUT2D eigenvalue weighted by Crippen LogP contribution is 2.35. The molecule has 1 saturated heterocycles. The Morgan fingerprint density at radius 3 is 2.53 bits per heavy atom. The average Bonchev–Trinajstić information content (AvgIpc) is 3.46. The number of aromatic nitrogens is 1. The maximum atomic E-state index is 12.8. The van der Waals surface area contributed by atoms with E-state index in [1.54, 1.807) is 6.07 Å². The number of carbonyl (C=O) groups is 1. The number of aliphatic hydroxyl groups is 1. The molecule has 2 N–H and O–H groups in total. The van der Waals surface area contributed by atoms with Gasteiger partial charge in [0, 0.05) is 35.4 Å². The summed E-state index contributed by atoms with van der Waals surface area (Å²) in [4.78, 5) is 20.3. The number of carbonyl (C=O) groups excluding carboxylic acids is 1. The molecule has 0 radical (unpaired) electrons. The zero-order valence-corrected chi connectivity index (χ0v) is 17.7. The number of alkyl halides is 3. The Bertz CT molecular complexity index is 1090. The zero-order valence-electron chi connectivity index (χ0n) is 16.9. The fourth-order valence-electron chi connectivity index (χ4n) is 3.52. The Hall–Kier alpha value is -3.11. The van der Waals surface area contributed by atoms with Crippen molar-refractivity contribution >= 4 is 28.7 Å². The third-order valence-corrected chi connectivity index (χ3v) is 5.92. The number of amides is 1. The molecule has 0 aliphatic carbocycles. The van der Waals surface area contributed by atoms with Gasteiger partial charge in [0.05, 0.1) is 12.2 Å². The third kappa shape index (κ3) is 5.20. The number of nitrogens with zero attached hydrogens (tertiary/aromatic N) is 2. The van der Waals surface area contributed by atoms with Crippen molar-refractivity contribution < 1.29 is 27.8 Å². The number of hydrogen-bond acceptors (Lipinski definition) is 6. The first-order valence-electron chi connectivity index (χ1n) is 9.93. The molecule has 0 saturated carbocycles. The van der Waals surface area contributed by atoms with Gasteiger partial charge in [-0.15, -0.1) is 24.5 Å². The first-order valence-corrected chi connectivity index (χ1v) is 10.8. The first-order chi connectivity index (χ1) is 15.3. The topological polar surface area (TPSA) is 74.7 Å². The van der Waals surface area contributed by atoms with E-state index < -0.39 is 12.3 Å². The van der Waals surface area contributed by atoms with Crippen molar-refractivity contribution in [1.29, 1.82) is 0 Å². The summed E-state index contributed by atoms with van der Waals surface area (Å²) in [5, 5.41) is 14.0. The lowest BCUT2D eigenvalue weighted by molar-refractivity contribution is -0.274. The van der Waals surface area contributed by atoms with Crippen LogP contribution in [-0.4, -0.2) is 35.4 Å². The Labute approximate surface area is 186 Å². The summed E-state index contributed by atoms with van der Waals surface area (Å²) in [5.74, 6) is -0.0182. The van der Waals surface area contributed by atoms with Crippen molar-refractivity contribution in [2.45, 2.75) is 25.8 Å². The van der Waals surface area contributed by atoms with Gasteiger partial charge in [-0.25, -0.2) is 4.98 Å². The normalized spacial score (nSPS) is 13.9. The molecule has 1 fully saturated rings. The SMILES string of the molecule is O=C(Nc1ccc(OC(F)(F)F)cc1)c1cnc(N2CCCC2)c(-c2csc(CO)c2)c1. The molecule has 1 aliphatic rings. The summed E-state index contributed by atoms with van der Waals surface area (Å²) in [5.41, 5.74) is 2.31. The molecule has 32 heavy (non-hydrogen) atoms. The molecule has 1 aliphatic heterocycles. The Morgan fingerprint density at radius 1 is 1.19 bits per heavy atom. The second-order valence-corrected chi connectivity index (χ2v) is 8.27. The minimum atomic E-state index is -4.78. The van der Waals surface area contributed by atoms with Crippen LogP contribution < -0.4 is 15.0 Å². The summed E-state index contributed by atoms with van der Waals surface area (Å²) in [7, 11) is 0. The molecule has 3 aromatic rings. The zero-order chi connectivity index (χ0) is 22.7. The largest absolute Gasteiger partial charge is 0.573 e. The lowest BCUT2D eigenvalue weighted by Crippen LogP contribution is -2.21. The van der Waals surface area contributed by atoms with Gasteiger partial charge in [0.15, 0.2) is 0 Å². The van der Waals surface area contributed by atoms with Gasteiger partial charge in [0.25, 0.3) is 5.91 Å². The lowest BCUT2D eigenvalue weighted by Gasteiger charge is -2.20. The number of ether oxygens (including phenoxy) is 1. The quantitative estimate of drug-likeness (QED) is 0.535. The van der Waals surface area contributed by atoms with E-state index >= 15 is 0 Å². The second-order valence-electron chi connectivity index (χ2n) is 7.28. The molecule has 1 aromatic carbocycles. The summed E-state index contributed by atoms with van der Waals surface area (Å²) in [6.45, 7) is 1.70. The van der Waals surface area contributed by atoms with Gasteiger partial charge in [-0.3, -0.25) is 4.79 Å². The molecular formula is C22H20F3N3O3S. The van der Waals surface area contributed by atoms with Crippen LogP contribution in [0, 0.1) is 0 Å². The predicted molar refractivity (Wildman–Crippen MR) is 116 cm³/mol. The van der Waals surface area contributed by atoms with E-state index in [2.05, 4.69) is 19.9 Å². The van der Waals surface area contributed by atoms with Gasteiger partial charge in [0.1, 0.15) is 11.6 Å². The Balaban J connectivity index is 1.57. The van der Waals surface area contributed by atoms with E-state index in [0.29, 0.717) is 11.3 Å². The van der Waals surface area contributed by atoms with E-state index in [1.165, 1.54) is 29.7 Å². The molecule has 10 heteroatoms. The van der Waals surface area contributed by atoms with Crippen LogP contribution in [0.25, 0.3) is 11.1 Å². The number of nitrogens with one attached hydrogen (secondary N) is 1. The summed E-state index contributed by atoms with van der Waals surface area (Å²) in [6.07, 6.45) is -1.14. The average molecular weight is 463 g/mol. The van der Waals surface area contributed by atoms with Crippen molar-refractivity contribution in [3.05, 3.63) is 58.4 Å². The highest BCUT2D eigenvalue weighted by molar-refractivity contribution is 7.10. The lowest BCUT2D eigenvalue weighted by atomic mass is 10.1. The molecule has 0 spiro atoms. The molecule has 3 heterocycles. The Morgan fingerprint density at radius 2 is 1.91 bits per heavy atom. The highest BCUT2D eigenvalue weighted by Gasteiger charge is 2.31. The molecule has 1 amide bonds. The number of anilines is 2. The van der Waals surface area contributed by atoms with Gasteiger partial charge in [-0.1, -0.05) is 0 Å². The second kappa shape index (κ2) is 9.17. The van der Waals surface area contributed by atoms with E-state index in [-0.39, 0.29) is 12.4 Å². The fourth-order valence-corrected chi connectivity index (χ4v) is 4.27. The number of rotatable bonds is 6. The monoisotopic (exact) mass is 463 g/mol. The summed E-state index contributed by atoms with van der Waals surface area (Å²) < 4.78 is 40.8. The van der Waals surface area contributed by atoms with Crippen molar-refractivity contribution in [2.24, 2.45) is 0 Å². The van der Waals surface area contributed by atoms with Crippen LogP contribution >= 0.6 is 11.3 Å². The van der Waals surface area contributed by atoms with E-state index in [4.69, 9.17) is 0 Å². The van der Waals surface area contributed by atoms with Crippen LogP contribution in [0.3, 0.4) is 0 Å². The van der Waals surface area contributed by atoms with Gasteiger partial charge >= 0.3 is 6.36 Å². The van der Waals surface area contributed by atoms with Crippen LogP contribution in [0.1, 0.15) is 28.1 Å². The van der Waals surface area contributed by atoms with E-state index in [1.807, 2.05) is 11.4 Å². The number of aliphatic hydroxyl groups excluding tert-OH is 1. The smallest absolute Gasteiger partial charge is 0.406 e.